The Balaban J connectivity index is 2.08. The van der Waals surface area contributed by atoms with Crippen molar-refractivity contribution in [2.45, 2.75) is 12.8 Å². The lowest BCUT2D eigenvalue weighted by Crippen LogP contribution is -2.13. The van der Waals surface area contributed by atoms with Gasteiger partial charge in [0, 0.05) is 11.3 Å². The molecule has 0 unspecified atom stereocenters. The lowest BCUT2D eigenvalue weighted by Gasteiger charge is -2.09. The van der Waals surface area contributed by atoms with Crippen LogP contribution in [0, 0.1) is 5.82 Å². The number of nitrogens with zero attached hydrogens (tertiary/aromatic N) is 2. The van der Waals surface area contributed by atoms with Gasteiger partial charge in [0.1, 0.15) is 5.82 Å². The molecule has 0 aliphatic rings. The van der Waals surface area contributed by atoms with Crippen LogP contribution in [-0.4, -0.2) is 30.5 Å². The van der Waals surface area contributed by atoms with Crippen molar-refractivity contribution in [2.75, 3.05) is 20.6 Å². The largest absolute Gasteiger partial charge is 0.309 e. The minimum Gasteiger partial charge on any atom is -0.309 e. The maximum atomic E-state index is 12.9. The van der Waals surface area contributed by atoms with Gasteiger partial charge < -0.3 is 4.90 Å². The lowest BCUT2D eigenvalue weighted by atomic mass is 10.1. The van der Waals surface area contributed by atoms with E-state index in [1.165, 1.54) is 12.1 Å². The molecular weight excluding hydrogens is 239 g/mol. The molecule has 1 heterocycles. The monoisotopic (exact) mass is 258 g/mol. The molecule has 2 nitrogen and oxygen atoms in total. The molecule has 0 saturated heterocycles. The van der Waals surface area contributed by atoms with Gasteiger partial charge in [-0.15, -0.1) is 0 Å². The third-order valence-corrected chi connectivity index (χ3v) is 2.98. The van der Waals surface area contributed by atoms with Gasteiger partial charge in [0.25, 0.3) is 0 Å². The summed E-state index contributed by atoms with van der Waals surface area (Å²) < 4.78 is 12.9. The maximum absolute atomic E-state index is 12.9. The molecule has 0 radical (unpaired) electrons. The van der Waals surface area contributed by atoms with Gasteiger partial charge in [0.05, 0.1) is 5.69 Å². The van der Waals surface area contributed by atoms with Crippen molar-refractivity contribution in [1.29, 1.82) is 0 Å². The van der Waals surface area contributed by atoms with Gasteiger partial charge in [-0.1, -0.05) is 6.07 Å². The summed E-state index contributed by atoms with van der Waals surface area (Å²) >= 11 is 0. The molecule has 0 atom stereocenters. The van der Waals surface area contributed by atoms with Crippen LogP contribution in [0.3, 0.4) is 0 Å². The highest BCUT2D eigenvalue weighted by Gasteiger charge is 2.02. The zero-order valence-corrected chi connectivity index (χ0v) is 11.4. The van der Waals surface area contributed by atoms with Crippen molar-refractivity contribution in [3.63, 3.8) is 0 Å². The van der Waals surface area contributed by atoms with Crippen LogP contribution in [0.5, 0.6) is 0 Å². The number of halogens is 1. The highest BCUT2D eigenvalue weighted by atomic mass is 19.1. The molecule has 19 heavy (non-hydrogen) atoms. The number of rotatable bonds is 5. The number of aromatic nitrogens is 1. The van der Waals surface area contributed by atoms with Crippen molar-refractivity contribution < 1.29 is 4.39 Å². The average Bonchev–Trinajstić information content (AvgIpc) is 2.39. The number of benzene rings is 1. The first kappa shape index (κ1) is 13.7. The van der Waals surface area contributed by atoms with Crippen LogP contribution in [0.2, 0.25) is 0 Å². The summed E-state index contributed by atoms with van der Waals surface area (Å²) in [5, 5.41) is 0. The highest BCUT2D eigenvalue weighted by Crippen LogP contribution is 2.18. The fourth-order valence-corrected chi connectivity index (χ4v) is 1.98. The average molecular weight is 258 g/mol. The van der Waals surface area contributed by atoms with E-state index >= 15 is 0 Å². The van der Waals surface area contributed by atoms with Gasteiger partial charge in [-0.25, -0.2) is 4.39 Å². The molecule has 100 valence electrons. The first-order chi connectivity index (χ1) is 9.15. The predicted molar refractivity (Wildman–Crippen MR) is 76.5 cm³/mol. The van der Waals surface area contributed by atoms with Crippen LogP contribution in [-0.2, 0) is 6.42 Å². The number of aryl methyl sites for hydroxylation is 1. The summed E-state index contributed by atoms with van der Waals surface area (Å²) in [6.45, 7) is 1.06. The summed E-state index contributed by atoms with van der Waals surface area (Å²) in [4.78, 5) is 6.80. The molecule has 0 fully saturated rings. The van der Waals surface area contributed by atoms with Crippen LogP contribution in [0.4, 0.5) is 4.39 Å². The molecule has 2 rings (SSSR count). The molecule has 0 aliphatic carbocycles. The Hall–Kier alpha value is -1.74. The van der Waals surface area contributed by atoms with Crippen molar-refractivity contribution >= 4 is 0 Å². The van der Waals surface area contributed by atoms with Crippen molar-refractivity contribution in [3.05, 3.63) is 54.0 Å². The molecule has 0 amide bonds. The smallest absolute Gasteiger partial charge is 0.123 e. The van der Waals surface area contributed by atoms with E-state index in [0.717, 1.165) is 36.3 Å². The number of hydrogen-bond acceptors (Lipinski definition) is 2. The predicted octanol–water partition coefficient (Wildman–Crippen LogP) is 3.38. The van der Waals surface area contributed by atoms with Gasteiger partial charge >= 0.3 is 0 Å². The zero-order valence-electron chi connectivity index (χ0n) is 11.4. The molecule has 0 bridgehead atoms. The standard InChI is InChI=1S/C16H19FN2/c1-19(2)12-4-6-15-5-3-7-16(18-15)13-8-10-14(17)11-9-13/h3,5,7-11H,4,6,12H2,1-2H3. The Morgan fingerprint density at radius 3 is 2.47 bits per heavy atom. The first-order valence-corrected chi connectivity index (χ1v) is 6.52. The minimum absolute atomic E-state index is 0.217. The first-order valence-electron chi connectivity index (χ1n) is 6.52. The van der Waals surface area contributed by atoms with Crippen molar-refractivity contribution in [3.8, 4) is 11.3 Å². The molecule has 2 aromatic rings. The third kappa shape index (κ3) is 4.14. The number of pyridine rings is 1. The van der Waals surface area contributed by atoms with Gasteiger partial charge in [-0.2, -0.15) is 0 Å². The van der Waals surface area contributed by atoms with Crippen LogP contribution >= 0.6 is 0 Å². The van der Waals surface area contributed by atoms with E-state index in [1.807, 2.05) is 18.2 Å². The van der Waals surface area contributed by atoms with Gasteiger partial charge in [-0.05, 0) is 69.9 Å². The lowest BCUT2D eigenvalue weighted by molar-refractivity contribution is 0.399. The molecule has 1 aromatic carbocycles. The van der Waals surface area contributed by atoms with E-state index in [1.54, 1.807) is 12.1 Å². The van der Waals surface area contributed by atoms with Crippen LogP contribution < -0.4 is 0 Å². The second-order valence-electron chi connectivity index (χ2n) is 4.93. The molecule has 0 spiro atoms. The molecule has 3 heteroatoms. The van der Waals surface area contributed by atoms with E-state index in [-0.39, 0.29) is 5.82 Å². The molecule has 1 aromatic heterocycles. The highest BCUT2D eigenvalue weighted by molar-refractivity contribution is 5.58. The molecule has 0 N–H and O–H groups in total. The summed E-state index contributed by atoms with van der Waals surface area (Å²) in [6.07, 6.45) is 2.06. The SMILES string of the molecule is CN(C)CCCc1cccc(-c2ccc(F)cc2)n1. The van der Waals surface area contributed by atoms with Gasteiger partial charge in [-0.3, -0.25) is 4.98 Å². The normalized spacial score (nSPS) is 10.9. The Labute approximate surface area is 113 Å². The second kappa shape index (κ2) is 6.43. The van der Waals surface area contributed by atoms with Crippen molar-refractivity contribution in [1.82, 2.24) is 9.88 Å². The van der Waals surface area contributed by atoms with Crippen LogP contribution in [0.1, 0.15) is 12.1 Å². The molecule has 0 saturated carbocycles. The van der Waals surface area contributed by atoms with E-state index in [2.05, 4.69) is 24.0 Å². The summed E-state index contributed by atoms with van der Waals surface area (Å²) in [5.74, 6) is -0.217. The topological polar surface area (TPSA) is 16.1 Å². The van der Waals surface area contributed by atoms with E-state index in [9.17, 15) is 4.39 Å². The molecule has 0 aliphatic heterocycles. The Kier molecular flexibility index (Phi) is 4.63. The summed E-state index contributed by atoms with van der Waals surface area (Å²) in [7, 11) is 4.14. The van der Waals surface area contributed by atoms with Crippen molar-refractivity contribution in [2.24, 2.45) is 0 Å². The third-order valence-electron chi connectivity index (χ3n) is 2.98. The van der Waals surface area contributed by atoms with Crippen LogP contribution in [0.15, 0.2) is 42.5 Å². The Bertz CT molecular complexity index is 521. The number of hydrogen-bond donors (Lipinski definition) is 0. The summed E-state index contributed by atoms with van der Waals surface area (Å²) in [6, 6.07) is 12.5. The van der Waals surface area contributed by atoms with Gasteiger partial charge in [0.2, 0.25) is 0 Å². The summed E-state index contributed by atoms with van der Waals surface area (Å²) in [5.41, 5.74) is 2.95. The minimum atomic E-state index is -0.217. The fourth-order valence-electron chi connectivity index (χ4n) is 1.98. The Morgan fingerprint density at radius 1 is 1.05 bits per heavy atom. The van der Waals surface area contributed by atoms with E-state index < -0.39 is 0 Å². The fraction of sp³-hybridized carbons (Fsp3) is 0.312. The molecular formula is C16H19FN2. The van der Waals surface area contributed by atoms with Gasteiger partial charge in [0.15, 0.2) is 0 Å². The van der Waals surface area contributed by atoms with E-state index in [4.69, 9.17) is 0 Å². The zero-order chi connectivity index (χ0) is 13.7. The van der Waals surface area contributed by atoms with Crippen LogP contribution in [0.25, 0.3) is 11.3 Å². The maximum Gasteiger partial charge on any atom is 0.123 e. The quantitative estimate of drug-likeness (QED) is 0.817. The Morgan fingerprint density at radius 2 is 1.79 bits per heavy atom. The second-order valence-corrected chi connectivity index (χ2v) is 4.93. The van der Waals surface area contributed by atoms with E-state index in [0.29, 0.717) is 0 Å².